The Labute approximate surface area is 124 Å². The summed E-state index contributed by atoms with van der Waals surface area (Å²) >= 11 is 0. The highest BCUT2D eigenvalue weighted by atomic mass is 16.4. The fraction of sp³-hybridized carbons (Fsp3) is 0.214. The molecule has 116 valence electrons. The first-order chi connectivity index (χ1) is 10.4. The van der Waals surface area contributed by atoms with Gasteiger partial charge in [-0.05, 0) is 12.1 Å². The van der Waals surface area contributed by atoms with Gasteiger partial charge in [-0.25, -0.2) is 4.79 Å². The number of carboxylic acid groups (broad SMARTS) is 1. The number of carboxylic acids is 1. The molecule has 0 saturated carbocycles. The zero-order chi connectivity index (χ0) is 16.4. The summed E-state index contributed by atoms with van der Waals surface area (Å²) < 4.78 is 1.18. The summed E-state index contributed by atoms with van der Waals surface area (Å²) in [5, 5.41) is 30.2. The number of aliphatic hydroxyl groups is 1. The third kappa shape index (κ3) is 2.51. The molecule has 1 aromatic heterocycles. The Morgan fingerprint density at radius 3 is 2.55 bits per heavy atom. The zero-order valence-corrected chi connectivity index (χ0v) is 11.6. The Bertz CT molecular complexity index is 811. The lowest BCUT2D eigenvalue weighted by atomic mass is 10.1. The normalized spacial score (nSPS) is 12.1. The molecule has 1 aromatic carbocycles. The van der Waals surface area contributed by atoms with Gasteiger partial charge in [0.2, 0.25) is 0 Å². The summed E-state index contributed by atoms with van der Waals surface area (Å²) in [7, 11) is 1.43. The van der Waals surface area contributed by atoms with Gasteiger partial charge in [0.25, 0.3) is 11.5 Å². The number of benzene rings is 1. The predicted molar refractivity (Wildman–Crippen MR) is 76.8 cm³/mol. The molecule has 0 spiro atoms. The maximum atomic E-state index is 12.2. The molecule has 8 heteroatoms. The third-order valence-corrected chi connectivity index (χ3v) is 3.29. The molecular formula is C14H14N2O6. The zero-order valence-electron chi connectivity index (χ0n) is 11.6. The lowest BCUT2D eigenvalue weighted by Crippen LogP contribution is -2.45. The molecule has 0 aliphatic carbocycles. The fourth-order valence-corrected chi connectivity index (χ4v) is 2.10. The van der Waals surface area contributed by atoms with Crippen LogP contribution < -0.4 is 10.9 Å². The molecule has 2 aromatic rings. The van der Waals surface area contributed by atoms with Crippen molar-refractivity contribution in [2.75, 3.05) is 6.61 Å². The predicted octanol–water partition coefficient (Wildman–Crippen LogP) is -0.581. The van der Waals surface area contributed by atoms with Gasteiger partial charge in [-0.15, -0.1) is 0 Å². The van der Waals surface area contributed by atoms with E-state index in [2.05, 4.69) is 0 Å². The summed E-state index contributed by atoms with van der Waals surface area (Å²) in [6, 6.07) is 4.87. The van der Waals surface area contributed by atoms with Crippen molar-refractivity contribution in [1.82, 2.24) is 9.88 Å². The largest absolute Gasteiger partial charge is 0.506 e. The van der Waals surface area contributed by atoms with Crippen LogP contribution in [0.5, 0.6) is 5.75 Å². The number of carbonyl (C=O) groups excluding carboxylic acids is 1. The maximum absolute atomic E-state index is 12.2. The van der Waals surface area contributed by atoms with E-state index in [1.54, 1.807) is 18.2 Å². The van der Waals surface area contributed by atoms with Crippen molar-refractivity contribution in [3.63, 3.8) is 0 Å². The number of pyridine rings is 1. The van der Waals surface area contributed by atoms with Gasteiger partial charge in [-0.2, -0.15) is 0 Å². The summed E-state index contributed by atoms with van der Waals surface area (Å²) in [6.07, 6.45) is 0. The van der Waals surface area contributed by atoms with E-state index in [0.29, 0.717) is 5.52 Å². The minimum absolute atomic E-state index is 0.283. The molecule has 0 radical (unpaired) electrons. The van der Waals surface area contributed by atoms with Gasteiger partial charge >= 0.3 is 5.97 Å². The van der Waals surface area contributed by atoms with E-state index in [0.717, 1.165) is 0 Å². The Hall–Kier alpha value is -2.87. The van der Waals surface area contributed by atoms with Gasteiger partial charge in [-0.1, -0.05) is 12.1 Å². The second-order valence-electron chi connectivity index (χ2n) is 4.65. The Morgan fingerprint density at radius 2 is 1.95 bits per heavy atom. The Balaban J connectivity index is 2.58. The SMILES string of the molecule is Cn1c(=O)c(C(=O)NC(CO)C(=O)O)c(O)c2ccccc21. The van der Waals surface area contributed by atoms with Crippen LogP contribution in [0.15, 0.2) is 29.1 Å². The van der Waals surface area contributed by atoms with Crippen LogP contribution >= 0.6 is 0 Å². The molecule has 0 saturated heterocycles. The molecule has 1 atom stereocenters. The third-order valence-electron chi connectivity index (χ3n) is 3.29. The highest BCUT2D eigenvalue weighted by Gasteiger charge is 2.25. The van der Waals surface area contributed by atoms with Crippen LogP contribution in [0, 0.1) is 0 Å². The molecule has 0 bridgehead atoms. The quantitative estimate of drug-likeness (QED) is 0.598. The number of aryl methyl sites for hydroxylation is 1. The average molecular weight is 306 g/mol. The summed E-state index contributed by atoms with van der Waals surface area (Å²) in [5.41, 5.74) is -0.907. The van der Waals surface area contributed by atoms with Gasteiger partial charge in [-0.3, -0.25) is 9.59 Å². The van der Waals surface area contributed by atoms with Crippen molar-refractivity contribution in [2.45, 2.75) is 6.04 Å². The number of fused-ring (bicyclic) bond motifs is 1. The van der Waals surface area contributed by atoms with Crippen molar-refractivity contribution in [2.24, 2.45) is 7.05 Å². The molecule has 8 nitrogen and oxygen atoms in total. The number of nitrogens with one attached hydrogen (secondary N) is 1. The number of aromatic hydroxyl groups is 1. The minimum atomic E-state index is -1.57. The van der Waals surface area contributed by atoms with E-state index in [1.807, 2.05) is 5.32 Å². The lowest BCUT2D eigenvalue weighted by molar-refractivity contribution is -0.140. The molecule has 2 rings (SSSR count). The van der Waals surface area contributed by atoms with Gasteiger partial charge in [0.1, 0.15) is 11.3 Å². The van der Waals surface area contributed by atoms with Crippen LogP contribution in [-0.4, -0.2) is 44.4 Å². The molecule has 0 fully saturated rings. The molecule has 0 aliphatic rings. The van der Waals surface area contributed by atoms with Gasteiger partial charge in [0.15, 0.2) is 6.04 Å². The first kappa shape index (κ1) is 15.5. The van der Waals surface area contributed by atoms with Crippen molar-refractivity contribution >= 4 is 22.8 Å². The van der Waals surface area contributed by atoms with Gasteiger partial charge in [0.05, 0.1) is 12.1 Å². The Morgan fingerprint density at radius 1 is 1.32 bits per heavy atom. The van der Waals surface area contributed by atoms with Crippen molar-refractivity contribution in [1.29, 1.82) is 0 Å². The first-order valence-corrected chi connectivity index (χ1v) is 6.33. The summed E-state index contributed by atoms with van der Waals surface area (Å²) in [4.78, 5) is 35.1. The number of para-hydroxylation sites is 1. The van der Waals surface area contributed by atoms with E-state index in [9.17, 15) is 19.5 Å². The van der Waals surface area contributed by atoms with Crippen LogP contribution in [0.3, 0.4) is 0 Å². The minimum Gasteiger partial charge on any atom is -0.506 e. The highest BCUT2D eigenvalue weighted by molar-refractivity contribution is 6.03. The molecule has 1 unspecified atom stereocenters. The molecule has 1 amide bonds. The first-order valence-electron chi connectivity index (χ1n) is 6.33. The number of hydrogen-bond acceptors (Lipinski definition) is 5. The van der Waals surface area contributed by atoms with Gasteiger partial charge < -0.3 is 25.2 Å². The average Bonchev–Trinajstić information content (AvgIpc) is 2.50. The molecule has 1 heterocycles. The number of nitrogens with zero attached hydrogens (tertiary/aromatic N) is 1. The maximum Gasteiger partial charge on any atom is 0.328 e. The van der Waals surface area contributed by atoms with Crippen LogP contribution in [-0.2, 0) is 11.8 Å². The van der Waals surface area contributed by atoms with Crippen LogP contribution in [0.2, 0.25) is 0 Å². The number of amides is 1. The van der Waals surface area contributed by atoms with E-state index in [4.69, 9.17) is 10.2 Å². The van der Waals surface area contributed by atoms with E-state index >= 15 is 0 Å². The second kappa shape index (κ2) is 5.86. The van der Waals surface area contributed by atoms with Crippen molar-refractivity contribution in [3.8, 4) is 5.75 Å². The smallest absolute Gasteiger partial charge is 0.328 e. The lowest BCUT2D eigenvalue weighted by Gasteiger charge is -2.14. The summed E-state index contributed by atoms with van der Waals surface area (Å²) in [6.45, 7) is -0.838. The van der Waals surface area contributed by atoms with E-state index in [1.165, 1.54) is 17.7 Å². The van der Waals surface area contributed by atoms with Gasteiger partial charge in [0, 0.05) is 12.4 Å². The van der Waals surface area contributed by atoms with Crippen molar-refractivity contribution < 1.29 is 24.9 Å². The molecule has 4 N–H and O–H groups in total. The van der Waals surface area contributed by atoms with E-state index < -0.39 is 41.4 Å². The van der Waals surface area contributed by atoms with Crippen LogP contribution in [0.4, 0.5) is 0 Å². The number of aliphatic hydroxyl groups excluding tert-OH is 1. The number of aromatic nitrogens is 1. The standard InChI is InChI=1S/C14H14N2O6/c1-16-9-5-3-2-4-7(9)11(18)10(13(16)20)12(19)15-8(6-17)14(21)22/h2-5,8,17-18H,6H2,1H3,(H,15,19)(H,21,22). The fourth-order valence-electron chi connectivity index (χ4n) is 2.10. The van der Waals surface area contributed by atoms with E-state index in [-0.39, 0.29) is 5.39 Å². The number of rotatable bonds is 4. The summed E-state index contributed by atoms with van der Waals surface area (Å²) in [5.74, 6) is -3.04. The van der Waals surface area contributed by atoms with Crippen LogP contribution in [0.1, 0.15) is 10.4 Å². The van der Waals surface area contributed by atoms with Crippen LogP contribution in [0.25, 0.3) is 10.9 Å². The monoisotopic (exact) mass is 306 g/mol. The second-order valence-corrected chi connectivity index (χ2v) is 4.65. The number of carbonyl (C=O) groups is 2. The molecule has 0 aliphatic heterocycles. The number of hydrogen-bond donors (Lipinski definition) is 4. The molecule has 22 heavy (non-hydrogen) atoms. The topological polar surface area (TPSA) is 129 Å². The number of aliphatic carboxylic acids is 1. The van der Waals surface area contributed by atoms with Crippen molar-refractivity contribution in [3.05, 3.63) is 40.2 Å². The molecular weight excluding hydrogens is 292 g/mol. The highest BCUT2D eigenvalue weighted by Crippen LogP contribution is 2.25. The Kier molecular flexibility index (Phi) is 4.13.